The van der Waals surface area contributed by atoms with E-state index in [0.29, 0.717) is 5.92 Å². The van der Waals surface area contributed by atoms with Gasteiger partial charge in [0.15, 0.2) is 0 Å². The number of thioether (sulfide) groups is 1. The summed E-state index contributed by atoms with van der Waals surface area (Å²) >= 11 is 1.68. The molecule has 0 saturated heterocycles. The van der Waals surface area contributed by atoms with E-state index in [-0.39, 0.29) is 0 Å². The molecule has 0 unspecified atom stereocenters. The van der Waals surface area contributed by atoms with Gasteiger partial charge in [-0.3, -0.25) is 4.79 Å². The molecule has 0 aliphatic heterocycles. The second-order valence-electron chi connectivity index (χ2n) is 4.68. The Bertz CT molecular complexity index is 208. The van der Waals surface area contributed by atoms with Crippen molar-refractivity contribution in [3.63, 3.8) is 0 Å². The van der Waals surface area contributed by atoms with Crippen molar-refractivity contribution in [1.29, 1.82) is 0 Å². The van der Waals surface area contributed by atoms with Crippen LogP contribution in [0.4, 0.5) is 0 Å². The van der Waals surface area contributed by atoms with E-state index >= 15 is 0 Å². The topological polar surface area (TPSA) is 37.3 Å². The highest BCUT2D eigenvalue weighted by Crippen LogP contribution is 2.42. The van der Waals surface area contributed by atoms with Crippen LogP contribution in [0.15, 0.2) is 0 Å². The van der Waals surface area contributed by atoms with Crippen molar-refractivity contribution in [3.8, 4) is 0 Å². The van der Waals surface area contributed by atoms with Gasteiger partial charge in [-0.25, -0.2) is 0 Å². The maximum Gasteiger partial charge on any atom is 0.319 e. The number of carbonyl (C=O) groups is 1. The maximum atomic E-state index is 11.4. The van der Waals surface area contributed by atoms with Crippen LogP contribution in [0.3, 0.4) is 0 Å². The molecule has 1 saturated carbocycles. The van der Waals surface area contributed by atoms with E-state index in [2.05, 4.69) is 13.8 Å². The summed E-state index contributed by atoms with van der Waals surface area (Å²) in [7, 11) is 0. The van der Waals surface area contributed by atoms with Gasteiger partial charge >= 0.3 is 5.97 Å². The van der Waals surface area contributed by atoms with E-state index in [1.165, 1.54) is 0 Å². The minimum Gasteiger partial charge on any atom is -0.480 e. The van der Waals surface area contributed by atoms with Crippen LogP contribution in [0.5, 0.6) is 0 Å². The predicted octanol–water partition coefficient (Wildman–Crippen LogP) is 3.55. The van der Waals surface area contributed by atoms with Crippen molar-refractivity contribution in [2.45, 2.75) is 57.1 Å². The molecule has 15 heavy (non-hydrogen) atoms. The summed E-state index contributed by atoms with van der Waals surface area (Å²) in [5, 5.41) is 9.35. The van der Waals surface area contributed by atoms with Gasteiger partial charge in [0, 0.05) is 0 Å². The standard InChI is InChI=1S/C12H22O2S/c1-3-4-9-15-12(11(13)14)7-5-10(2)6-8-12/h10H,3-9H2,1-2H3,(H,13,14). The Morgan fingerprint density at radius 3 is 2.53 bits per heavy atom. The van der Waals surface area contributed by atoms with Crippen LogP contribution in [-0.2, 0) is 4.79 Å². The van der Waals surface area contributed by atoms with Gasteiger partial charge < -0.3 is 5.11 Å². The Kier molecular flexibility index (Phi) is 4.97. The molecular weight excluding hydrogens is 208 g/mol. The quantitative estimate of drug-likeness (QED) is 0.734. The lowest BCUT2D eigenvalue weighted by molar-refractivity contribution is -0.141. The Balaban J connectivity index is 2.51. The lowest BCUT2D eigenvalue weighted by atomic mass is 9.82. The lowest BCUT2D eigenvalue weighted by Gasteiger charge is -2.35. The van der Waals surface area contributed by atoms with Crippen LogP contribution in [0.2, 0.25) is 0 Å². The summed E-state index contributed by atoms with van der Waals surface area (Å²) in [5.74, 6) is 1.12. The summed E-state index contributed by atoms with van der Waals surface area (Å²) in [6.07, 6.45) is 6.15. The van der Waals surface area contributed by atoms with Gasteiger partial charge in [0.25, 0.3) is 0 Å². The molecule has 0 aromatic heterocycles. The largest absolute Gasteiger partial charge is 0.480 e. The Morgan fingerprint density at radius 1 is 1.47 bits per heavy atom. The summed E-state index contributed by atoms with van der Waals surface area (Å²) in [4.78, 5) is 11.4. The average molecular weight is 230 g/mol. The fraction of sp³-hybridized carbons (Fsp3) is 0.917. The molecular formula is C12H22O2S. The number of rotatable bonds is 5. The van der Waals surface area contributed by atoms with Crippen LogP contribution in [0, 0.1) is 5.92 Å². The molecule has 0 radical (unpaired) electrons. The molecule has 1 rings (SSSR count). The molecule has 1 aliphatic carbocycles. The van der Waals surface area contributed by atoms with Crippen LogP contribution in [0.1, 0.15) is 52.4 Å². The molecule has 0 amide bonds. The van der Waals surface area contributed by atoms with Crippen LogP contribution < -0.4 is 0 Å². The van der Waals surface area contributed by atoms with E-state index < -0.39 is 10.7 Å². The number of hydrogen-bond donors (Lipinski definition) is 1. The van der Waals surface area contributed by atoms with Crippen molar-refractivity contribution in [2.75, 3.05) is 5.75 Å². The van der Waals surface area contributed by atoms with Crippen molar-refractivity contribution >= 4 is 17.7 Å². The van der Waals surface area contributed by atoms with Gasteiger partial charge in [-0.05, 0) is 43.8 Å². The molecule has 1 aliphatic rings. The second kappa shape index (κ2) is 5.78. The lowest BCUT2D eigenvalue weighted by Crippen LogP contribution is -2.39. The Morgan fingerprint density at radius 2 is 2.07 bits per heavy atom. The highest BCUT2D eigenvalue weighted by atomic mass is 32.2. The highest BCUT2D eigenvalue weighted by Gasteiger charge is 2.41. The molecule has 88 valence electrons. The normalized spacial score (nSPS) is 31.5. The Hall–Kier alpha value is -0.180. The first-order valence-corrected chi connectivity index (χ1v) is 6.96. The van der Waals surface area contributed by atoms with E-state index in [0.717, 1.165) is 44.3 Å². The third kappa shape index (κ3) is 3.40. The molecule has 3 heteroatoms. The fourth-order valence-electron chi connectivity index (χ4n) is 2.06. The fourth-order valence-corrected chi connectivity index (χ4v) is 3.53. The van der Waals surface area contributed by atoms with Crippen molar-refractivity contribution in [1.82, 2.24) is 0 Å². The first kappa shape index (κ1) is 12.9. The summed E-state index contributed by atoms with van der Waals surface area (Å²) in [5.41, 5.74) is 0. The summed E-state index contributed by atoms with van der Waals surface area (Å²) in [6, 6.07) is 0. The molecule has 0 atom stereocenters. The van der Waals surface area contributed by atoms with E-state index in [1.807, 2.05) is 0 Å². The molecule has 0 aromatic rings. The van der Waals surface area contributed by atoms with Crippen molar-refractivity contribution in [2.24, 2.45) is 5.92 Å². The third-order valence-electron chi connectivity index (χ3n) is 3.35. The third-order valence-corrected chi connectivity index (χ3v) is 4.98. The van der Waals surface area contributed by atoms with Crippen LogP contribution in [-0.4, -0.2) is 21.6 Å². The van der Waals surface area contributed by atoms with Crippen LogP contribution >= 0.6 is 11.8 Å². The number of carboxylic acids is 1. The monoisotopic (exact) mass is 230 g/mol. The minimum absolute atomic E-state index is 0.457. The van der Waals surface area contributed by atoms with Gasteiger partial charge in [-0.1, -0.05) is 20.3 Å². The molecule has 2 nitrogen and oxygen atoms in total. The van der Waals surface area contributed by atoms with Gasteiger partial charge in [0.1, 0.15) is 4.75 Å². The van der Waals surface area contributed by atoms with E-state index in [4.69, 9.17) is 0 Å². The smallest absolute Gasteiger partial charge is 0.319 e. The first-order valence-electron chi connectivity index (χ1n) is 5.98. The molecule has 0 aromatic carbocycles. The average Bonchev–Trinajstić information content (AvgIpc) is 2.21. The maximum absolute atomic E-state index is 11.4. The number of aliphatic carboxylic acids is 1. The van der Waals surface area contributed by atoms with Gasteiger partial charge in [0.2, 0.25) is 0 Å². The number of hydrogen-bond acceptors (Lipinski definition) is 2. The zero-order valence-corrected chi connectivity index (χ0v) is 10.6. The van der Waals surface area contributed by atoms with Crippen LogP contribution in [0.25, 0.3) is 0 Å². The van der Waals surface area contributed by atoms with Gasteiger partial charge in [-0.2, -0.15) is 0 Å². The first-order chi connectivity index (χ1) is 7.10. The molecule has 1 fully saturated rings. The van der Waals surface area contributed by atoms with E-state index in [1.54, 1.807) is 11.8 Å². The summed E-state index contributed by atoms with van der Waals surface area (Å²) < 4.78 is -0.457. The number of unbranched alkanes of at least 4 members (excludes halogenated alkanes) is 1. The highest BCUT2D eigenvalue weighted by molar-refractivity contribution is 8.01. The SMILES string of the molecule is CCCCSC1(C(=O)O)CCC(C)CC1. The Labute approximate surface area is 96.8 Å². The van der Waals surface area contributed by atoms with E-state index in [9.17, 15) is 9.90 Å². The van der Waals surface area contributed by atoms with Crippen molar-refractivity contribution in [3.05, 3.63) is 0 Å². The molecule has 0 heterocycles. The zero-order valence-electron chi connectivity index (χ0n) is 9.79. The number of carboxylic acid groups (broad SMARTS) is 1. The zero-order chi connectivity index (χ0) is 11.3. The second-order valence-corrected chi connectivity index (χ2v) is 6.16. The molecule has 0 spiro atoms. The summed E-state index contributed by atoms with van der Waals surface area (Å²) in [6.45, 7) is 4.37. The van der Waals surface area contributed by atoms with Gasteiger partial charge in [-0.15, -0.1) is 11.8 Å². The minimum atomic E-state index is -0.587. The van der Waals surface area contributed by atoms with Crippen molar-refractivity contribution < 1.29 is 9.90 Å². The molecule has 0 bridgehead atoms. The predicted molar refractivity (Wildman–Crippen MR) is 65.4 cm³/mol. The molecule has 1 N–H and O–H groups in total. The van der Waals surface area contributed by atoms with Gasteiger partial charge in [0.05, 0.1) is 0 Å².